The molecule has 0 saturated heterocycles. The molecular weight excluding hydrogens is 315 g/mol. The third-order valence-electron chi connectivity index (χ3n) is 2.60. The van der Waals surface area contributed by atoms with Gasteiger partial charge in [0.25, 0.3) is 5.78 Å². The summed E-state index contributed by atoms with van der Waals surface area (Å²) >= 11 is 16.3. The van der Waals surface area contributed by atoms with E-state index in [1.165, 1.54) is 4.52 Å². The molecule has 0 spiro atoms. The second-order valence-corrected chi connectivity index (χ2v) is 4.80. The van der Waals surface area contributed by atoms with E-state index >= 15 is 0 Å². The van der Waals surface area contributed by atoms with Crippen LogP contribution in [0.1, 0.15) is 0 Å². The monoisotopic (exact) mass is 318 g/mol. The van der Waals surface area contributed by atoms with Crippen molar-refractivity contribution in [3.05, 3.63) is 46.0 Å². The number of nitrogens with zero attached hydrogens (tertiary/aromatic N) is 3. The number of nitrogens with two attached hydrogens (primary N) is 1. The molecule has 4 N–H and O–H groups in total. The Morgan fingerprint density at radius 2 is 1.84 bits per heavy atom. The predicted octanol–water partition coefficient (Wildman–Crippen LogP) is -0.0127. The molecule has 0 fully saturated rings. The Morgan fingerprint density at radius 1 is 1.21 bits per heavy atom. The Kier molecular flexibility index (Phi) is 2.46. The van der Waals surface area contributed by atoms with Crippen LogP contribution in [0.15, 0.2) is 9.59 Å². The van der Waals surface area contributed by atoms with Crippen molar-refractivity contribution in [1.82, 2.24) is 24.5 Å². The zero-order valence-electron chi connectivity index (χ0n) is 8.90. The minimum atomic E-state index is -0.633. The minimum absolute atomic E-state index is 0.0558. The van der Waals surface area contributed by atoms with Crippen LogP contribution >= 0.6 is 35.4 Å². The van der Waals surface area contributed by atoms with Crippen LogP contribution in [0.2, 0.25) is 10.0 Å². The Balaban J connectivity index is 2.88. The minimum Gasteiger partial charge on any atom is -0.334 e. The number of nitrogens with one attached hydrogen (secondary N) is 2. The van der Waals surface area contributed by atoms with Gasteiger partial charge in [-0.1, -0.05) is 23.2 Å². The van der Waals surface area contributed by atoms with Crippen LogP contribution in [0.25, 0.3) is 5.78 Å². The van der Waals surface area contributed by atoms with Gasteiger partial charge in [0, 0.05) is 0 Å². The van der Waals surface area contributed by atoms with Crippen molar-refractivity contribution in [2.75, 3.05) is 5.84 Å². The van der Waals surface area contributed by atoms with Gasteiger partial charge < -0.3 is 5.84 Å². The summed E-state index contributed by atoms with van der Waals surface area (Å²) < 4.78 is 2.34. The molecule has 0 aromatic carbocycles. The highest BCUT2D eigenvalue weighted by Gasteiger charge is 2.15. The van der Waals surface area contributed by atoms with Gasteiger partial charge in [-0.2, -0.15) is 4.68 Å². The fraction of sp³-hybridized carbons (Fsp3) is 0. The van der Waals surface area contributed by atoms with Crippen molar-refractivity contribution >= 4 is 41.2 Å². The lowest BCUT2D eigenvalue weighted by Crippen LogP contribution is -2.22. The van der Waals surface area contributed by atoms with Gasteiger partial charge >= 0.3 is 0 Å². The molecule has 3 rings (SSSR count). The number of H-pyrrole nitrogens is 2. The first-order valence-electron chi connectivity index (χ1n) is 4.81. The lowest BCUT2D eigenvalue weighted by atomic mass is 10.3. The molecule has 0 saturated carbocycles. The van der Waals surface area contributed by atoms with Gasteiger partial charge in [0.1, 0.15) is 20.7 Å². The molecule has 0 amide bonds. The summed E-state index contributed by atoms with van der Waals surface area (Å²) in [6.07, 6.45) is 0. The Morgan fingerprint density at radius 3 is 2.53 bits per heavy atom. The molecule has 1 aromatic heterocycles. The summed E-state index contributed by atoms with van der Waals surface area (Å²) in [4.78, 5) is 24.0. The average molecular weight is 319 g/mol. The van der Waals surface area contributed by atoms with Crippen molar-refractivity contribution in [3.8, 4) is 0 Å². The Labute approximate surface area is 118 Å². The van der Waals surface area contributed by atoms with Gasteiger partial charge in [-0.25, -0.2) is 4.52 Å². The molecule has 2 aliphatic rings. The molecule has 98 valence electrons. The van der Waals surface area contributed by atoms with Gasteiger partial charge in [0.2, 0.25) is 15.6 Å². The van der Waals surface area contributed by atoms with Crippen molar-refractivity contribution in [2.24, 2.45) is 0 Å². The zero-order valence-corrected chi connectivity index (χ0v) is 11.2. The first-order chi connectivity index (χ1) is 8.93. The third-order valence-corrected chi connectivity index (χ3v) is 3.71. The second kappa shape index (κ2) is 3.83. The summed E-state index contributed by atoms with van der Waals surface area (Å²) in [6, 6.07) is 0. The van der Waals surface area contributed by atoms with Gasteiger partial charge in [-0.15, -0.1) is 5.10 Å². The van der Waals surface area contributed by atoms with Gasteiger partial charge in [0.15, 0.2) is 0 Å². The molecule has 0 unspecified atom stereocenters. The quantitative estimate of drug-likeness (QED) is 0.398. The molecule has 8 nitrogen and oxygen atoms in total. The molecule has 2 heterocycles. The second-order valence-electron chi connectivity index (χ2n) is 3.66. The number of halogens is 2. The summed E-state index contributed by atoms with van der Waals surface area (Å²) in [5.74, 6) is 5.74. The van der Waals surface area contributed by atoms with Crippen LogP contribution in [-0.2, 0) is 0 Å². The van der Waals surface area contributed by atoms with Crippen molar-refractivity contribution in [1.29, 1.82) is 0 Å². The van der Waals surface area contributed by atoms with E-state index in [4.69, 9.17) is 41.3 Å². The predicted molar refractivity (Wildman–Crippen MR) is 70.7 cm³/mol. The van der Waals surface area contributed by atoms with E-state index in [0.29, 0.717) is 0 Å². The molecule has 1 aliphatic carbocycles. The van der Waals surface area contributed by atoms with Crippen molar-refractivity contribution in [2.45, 2.75) is 0 Å². The van der Waals surface area contributed by atoms with Crippen molar-refractivity contribution in [3.63, 3.8) is 0 Å². The van der Waals surface area contributed by atoms with E-state index in [1.54, 1.807) is 0 Å². The molecule has 1 aromatic rings. The highest BCUT2D eigenvalue weighted by molar-refractivity contribution is 7.71. The molecule has 1 aliphatic heterocycles. The SMILES string of the molecule is Nn1c(=S)[nH]n2c3c(=O)c(Cl)c(Cl)c(=O)c=3[nH]nc12. The number of hydrogen-bond donors (Lipinski definition) is 3. The topological polar surface area (TPSA) is 114 Å². The third kappa shape index (κ3) is 1.46. The average Bonchev–Trinajstić information content (AvgIpc) is 2.69. The fourth-order valence-corrected chi connectivity index (χ4v) is 2.24. The van der Waals surface area contributed by atoms with Crippen molar-refractivity contribution < 1.29 is 0 Å². The maximum Gasteiger partial charge on any atom is 0.268 e. The van der Waals surface area contributed by atoms with Crippen LogP contribution in [0.3, 0.4) is 0 Å². The molecule has 0 atom stereocenters. The van der Waals surface area contributed by atoms with Gasteiger partial charge in [0.05, 0.1) is 0 Å². The van der Waals surface area contributed by atoms with Crippen LogP contribution in [-0.4, -0.2) is 24.5 Å². The van der Waals surface area contributed by atoms with Gasteiger partial charge in [-0.3, -0.25) is 19.8 Å². The number of rotatable bonds is 0. The number of hydrogen-bond acceptors (Lipinski definition) is 5. The Hall–Kier alpha value is -1.84. The van der Waals surface area contributed by atoms with E-state index in [-0.39, 0.29) is 31.3 Å². The van der Waals surface area contributed by atoms with E-state index in [0.717, 1.165) is 4.68 Å². The molecular formula is C8H4Cl2N6O2S. The Bertz CT molecular complexity index is 1060. The van der Waals surface area contributed by atoms with Crippen LogP contribution in [0.4, 0.5) is 0 Å². The normalized spacial score (nSPS) is 11.5. The van der Waals surface area contributed by atoms with Gasteiger partial charge in [-0.05, 0) is 12.2 Å². The van der Waals surface area contributed by atoms with Crippen LogP contribution in [0.5, 0.6) is 0 Å². The standard InChI is InChI=1S/C8H4Cl2N6O2S/c9-1-2(10)6(18)4-3(5(1)17)12-13-7-15(11)8(19)14-16(4)7/h12H,11H2,(H,14,19). The highest BCUT2D eigenvalue weighted by atomic mass is 35.5. The largest absolute Gasteiger partial charge is 0.334 e. The lowest BCUT2D eigenvalue weighted by molar-refractivity contribution is 0.824. The van der Waals surface area contributed by atoms with E-state index < -0.39 is 10.9 Å². The first kappa shape index (κ1) is 12.2. The highest BCUT2D eigenvalue weighted by Crippen LogP contribution is 2.12. The summed E-state index contributed by atoms with van der Waals surface area (Å²) in [6.45, 7) is 0. The van der Waals surface area contributed by atoms with Crippen LogP contribution < -0.4 is 16.7 Å². The van der Waals surface area contributed by atoms with E-state index in [9.17, 15) is 9.59 Å². The fourth-order valence-electron chi connectivity index (χ4n) is 1.71. The molecule has 0 bridgehead atoms. The number of aromatic amines is 2. The maximum absolute atomic E-state index is 12.1. The molecule has 11 heteroatoms. The molecule has 0 radical (unpaired) electrons. The summed E-state index contributed by atoms with van der Waals surface area (Å²) in [5, 5.41) is 8.03. The smallest absolute Gasteiger partial charge is 0.268 e. The van der Waals surface area contributed by atoms with E-state index in [2.05, 4.69) is 15.3 Å². The zero-order chi connectivity index (χ0) is 13.9. The number of fused-ring (bicyclic) bond motifs is 2. The first-order valence-corrected chi connectivity index (χ1v) is 5.98. The lowest BCUT2D eigenvalue weighted by Gasteiger charge is -1.99. The van der Waals surface area contributed by atoms with E-state index in [1.807, 2.05) is 0 Å². The summed E-state index contributed by atoms with van der Waals surface area (Å²) in [7, 11) is 0. The molecule has 19 heavy (non-hydrogen) atoms. The van der Waals surface area contributed by atoms with Crippen LogP contribution in [0, 0.1) is 15.5 Å². The number of nitrogen functional groups attached to an aromatic ring is 1. The number of aromatic nitrogens is 5. The summed E-state index contributed by atoms with van der Waals surface area (Å²) in [5.41, 5.74) is -1.26. The maximum atomic E-state index is 12.1.